The van der Waals surface area contributed by atoms with Crippen LogP contribution in [0.15, 0.2) is 30.7 Å². The zero-order valence-corrected chi connectivity index (χ0v) is 12.2. The minimum absolute atomic E-state index is 0.229. The molecular formula is C12H11Cl2N3OS. The van der Waals surface area contributed by atoms with Gasteiger partial charge in [-0.25, -0.2) is 4.98 Å². The quantitative estimate of drug-likeness (QED) is 0.852. The first kappa shape index (κ1) is 14.2. The van der Waals surface area contributed by atoms with Crippen LogP contribution in [0, 0.1) is 0 Å². The van der Waals surface area contributed by atoms with Crippen molar-refractivity contribution in [2.75, 3.05) is 12.3 Å². The molecule has 0 aliphatic rings. The van der Waals surface area contributed by atoms with E-state index in [0.29, 0.717) is 28.0 Å². The van der Waals surface area contributed by atoms with Gasteiger partial charge in [-0.1, -0.05) is 23.2 Å². The number of halogens is 2. The zero-order valence-electron chi connectivity index (χ0n) is 9.81. The number of benzene rings is 1. The van der Waals surface area contributed by atoms with Gasteiger partial charge in [0.15, 0.2) is 0 Å². The van der Waals surface area contributed by atoms with Gasteiger partial charge in [-0.2, -0.15) is 12.6 Å². The Morgan fingerprint density at radius 3 is 2.84 bits per heavy atom. The molecule has 19 heavy (non-hydrogen) atoms. The number of imidazole rings is 1. The Hall–Kier alpha value is -1.17. The largest absolute Gasteiger partial charge is 0.350 e. The van der Waals surface area contributed by atoms with Crippen molar-refractivity contribution in [2.24, 2.45) is 0 Å². The van der Waals surface area contributed by atoms with E-state index in [1.807, 2.05) is 0 Å². The van der Waals surface area contributed by atoms with Gasteiger partial charge in [0.25, 0.3) is 5.91 Å². The summed E-state index contributed by atoms with van der Waals surface area (Å²) >= 11 is 15.8. The summed E-state index contributed by atoms with van der Waals surface area (Å²) in [4.78, 5) is 15.7. The molecule has 1 heterocycles. The van der Waals surface area contributed by atoms with Crippen LogP contribution in [-0.4, -0.2) is 27.8 Å². The van der Waals surface area contributed by atoms with Crippen molar-refractivity contribution in [3.8, 4) is 5.69 Å². The monoisotopic (exact) mass is 315 g/mol. The molecule has 4 nitrogen and oxygen atoms in total. The molecule has 0 fully saturated rings. The summed E-state index contributed by atoms with van der Waals surface area (Å²) in [6.45, 7) is 0.502. The molecule has 100 valence electrons. The first-order valence-corrected chi connectivity index (χ1v) is 6.89. The van der Waals surface area contributed by atoms with E-state index in [9.17, 15) is 4.79 Å². The number of rotatable bonds is 4. The molecule has 0 unspecified atom stereocenters. The van der Waals surface area contributed by atoms with Gasteiger partial charge >= 0.3 is 0 Å². The molecule has 0 atom stereocenters. The van der Waals surface area contributed by atoms with Crippen LogP contribution in [0.5, 0.6) is 0 Å². The number of amides is 1. The van der Waals surface area contributed by atoms with E-state index >= 15 is 0 Å². The number of aromatic nitrogens is 2. The van der Waals surface area contributed by atoms with Crippen LogP contribution in [0.25, 0.3) is 5.69 Å². The van der Waals surface area contributed by atoms with Gasteiger partial charge in [0.1, 0.15) is 12.0 Å². The van der Waals surface area contributed by atoms with Crippen LogP contribution in [0.2, 0.25) is 10.0 Å². The van der Waals surface area contributed by atoms with E-state index in [4.69, 9.17) is 23.2 Å². The van der Waals surface area contributed by atoms with E-state index in [1.165, 1.54) is 0 Å². The molecule has 0 bridgehead atoms. The van der Waals surface area contributed by atoms with Crippen molar-refractivity contribution in [3.05, 3.63) is 46.5 Å². The summed E-state index contributed by atoms with van der Waals surface area (Å²) in [5, 5.41) is 3.63. The predicted molar refractivity (Wildman–Crippen MR) is 79.8 cm³/mol. The van der Waals surface area contributed by atoms with Crippen LogP contribution in [0.1, 0.15) is 10.5 Å². The maximum absolute atomic E-state index is 11.7. The molecule has 0 saturated heterocycles. The van der Waals surface area contributed by atoms with Crippen molar-refractivity contribution >= 4 is 41.7 Å². The first-order valence-electron chi connectivity index (χ1n) is 5.50. The van der Waals surface area contributed by atoms with Crippen LogP contribution in [-0.2, 0) is 0 Å². The number of hydrogen-bond acceptors (Lipinski definition) is 3. The third-order valence-electron chi connectivity index (χ3n) is 2.41. The lowest BCUT2D eigenvalue weighted by Gasteiger charge is -2.03. The smallest absolute Gasteiger partial charge is 0.271 e. The zero-order chi connectivity index (χ0) is 13.8. The highest BCUT2D eigenvalue weighted by atomic mass is 35.5. The van der Waals surface area contributed by atoms with Gasteiger partial charge in [0, 0.05) is 24.2 Å². The average molecular weight is 316 g/mol. The first-order chi connectivity index (χ1) is 9.11. The minimum Gasteiger partial charge on any atom is -0.350 e. The standard InChI is InChI=1S/C12H11Cl2N3OS/c13-9-2-1-8(5-10(9)14)17-6-11(16-7-17)12(18)15-3-4-19/h1-2,5-7,19H,3-4H2,(H,15,18). The van der Waals surface area contributed by atoms with Gasteiger partial charge in [-0.15, -0.1) is 0 Å². The third-order valence-corrected chi connectivity index (χ3v) is 3.38. The van der Waals surface area contributed by atoms with Gasteiger partial charge < -0.3 is 9.88 Å². The van der Waals surface area contributed by atoms with Gasteiger partial charge in [-0.05, 0) is 18.2 Å². The van der Waals surface area contributed by atoms with Crippen LogP contribution in [0.4, 0.5) is 0 Å². The third kappa shape index (κ3) is 3.43. The van der Waals surface area contributed by atoms with E-state index < -0.39 is 0 Å². The highest BCUT2D eigenvalue weighted by Crippen LogP contribution is 2.24. The molecule has 0 spiro atoms. The summed E-state index contributed by atoms with van der Waals surface area (Å²) in [6.07, 6.45) is 3.18. The molecule has 0 saturated carbocycles. The Bertz CT molecular complexity index is 600. The second kappa shape index (κ2) is 6.32. The van der Waals surface area contributed by atoms with E-state index in [0.717, 1.165) is 5.69 Å². The number of nitrogens with zero attached hydrogens (tertiary/aromatic N) is 2. The van der Waals surface area contributed by atoms with Gasteiger partial charge in [0.05, 0.1) is 10.0 Å². The Morgan fingerprint density at radius 1 is 1.37 bits per heavy atom. The number of carbonyl (C=O) groups is 1. The lowest BCUT2D eigenvalue weighted by molar-refractivity contribution is 0.0951. The number of carbonyl (C=O) groups excluding carboxylic acids is 1. The summed E-state index contributed by atoms with van der Waals surface area (Å²) in [5.41, 5.74) is 1.13. The molecule has 0 aliphatic carbocycles. The SMILES string of the molecule is O=C(NCCS)c1cn(-c2ccc(Cl)c(Cl)c2)cn1. The lowest BCUT2D eigenvalue weighted by Crippen LogP contribution is -2.25. The minimum atomic E-state index is -0.229. The second-order valence-corrected chi connectivity index (χ2v) is 5.01. The van der Waals surface area contributed by atoms with Crippen LogP contribution >= 0.6 is 35.8 Å². The number of nitrogens with one attached hydrogen (secondary N) is 1. The molecular weight excluding hydrogens is 305 g/mol. The van der Waals surface area contributed by atoms with E-state index in [1.54, 1.807) is 35.3 Å². The predicted octanol–water partition coefficient (Wildman–Crippen LogP) is 2.84. The lowest BCUT2D eigenvalue weighted by atomic mass is 10.3. The number of thiol groups is 1. The van der Waals surface area contributed by atoms with Crippen molar-refractivity contribution in [3.63, 3.8) is 0 Å². The van der Waals surface area contributed by atoms with Gasteiger partial charge in [0.2, 0.25) is 0 Å². The number of hydrogen-bond donors (Lipinski definition) is 2. The van der Waals surface area contributed by atoms with Crippen molar-refractivity contribution in [1.29, 1.82) is 0 Å². The normalized spacial score (nSPS) is 10.5. The molecule has 1 N–H and O–H groups in total. The van der Waals surface area contributed by atoms with Crippen LogP contribution < -0.4 is 5.32 Å². The highest BCUT2D eigenvalue weighted by molar-refractivity contribution is 7.80. The molecule has 1 aromatic heterocycles. The Morgan fingerprint density at radius 2 is 2.16 bits per heavy atom. The Balaban J connectivity index is 2.20. The Labute approximate surface area is 126 Å². The summed E-state index contributed by atoms with van der Waals surface area (Å²) in [5.74, 6) is 0.354. The molecule has 1 amide bonds. The molecule has 7 heteroatoms. The fraction of sp³-hybridized carbons (Fsp3) is 0.167. The van der Waals surface area contributed by atoms with Crippen LogP contribution in [0.3, 0.4) is 0 Å². The average Bonchev–Trinajstić information content (AvgIpc) is 2.89. The maximum Gasteiger partial charge on any atom is 0.271 e. The molecule has 0 radical (unpaired) electrons. The molecule has 2 aromatic rings. The fourth-order valence-corrected chi connectivity index (χ4v) is 1.89. The summed E-state index contributed by atoms with van der Waals surface area (Å²) in [6, 6.07) is 5.20. The van der Waals surface area contributed by atoms with Crippen molar-refractivity contribution < 1.29 is 4.79 Å². The Kier molecular flexibility index (Phi) is 4.74. The van der Waals surface area contributed by atoms with Crippen molar-refractivity contribution in [1.82, 2.24) is 14.9 Å². The summed E-state index contributed by atoms with van der Waals surface area (Å²) in [7, 11) is 0. The van der Waals surface area contributed by atoms with E-state index in [2.05, 4.69) is 22.9 Å². The molecule has 0 aliphatic heterocycles. The van der Waals surface area contributed by atoms with Crippen molar-refractivity contribution in [2.45, 2.75) is 0 Å². The van der Waals surface area contributed by atoms with Gasteiger partial charge in [-0.3, -0.25) is 4.79 Å². The topological polar surface area (TPSA) is 46.9 Å². The van der Waals surface area contributed by atoms with E-state index in [-0.39, 0.29) is 5.91 Å². The molecule has 2 rings (SSSR count). The highest BCUT2D eigenvalue weighted by Gasteiger charge is 2.09. The fourth-order valence-electron chi connectivity index (χ4n) is 1.49. The maximum atomic E-state index is 11.7. The molecule has 1 aromatic carbocycles. The second-order valence-electron chi connectivity index (χ2n) is 3.74. The summed E-state index contributed by atoms with van der Waals surface area (Å²) < 4.78 is 1.71.